The van der Waals surface area contributed by atoms with Crippen molar-refractivity contribution in [3.05, 3.63) is 35.4 Å². The summed E-state index contributed by atoms with van der Waals surface area (Å²) in [5.41, 5.74) is 8.57. The molecule has 1 saturated carbocycles. The largest absolute Gasteiger partial charge is 0.366 e. The number of nitrogen functional groups attached to an aromatic ring is 1. The number of hydrogen-bond donors (Lipinski definition) is 2. The first-order valence-electron chi connectivity index (χ1n) is 9.41. The maximum atomic E-state index is 5.60. The first kappa shape index (κ1) is 16.4. The zero-order chi connectivity index (χ0) is 17.2. The highest BCUT2D eigenvalue weighted by Gasteiger charge is 2.24. The summed E-state index contributed by atoms with van der Waals surface area (Å²) in [6.45, 7) is 3.11. The normalized spacial score (nSPS) is 18.9. The first-order chi connectivity index (χ1) is 12.2. The number of H-pyrrole nitrogens is 1. The Morgan fingerprint density at radius 3 is 2.48 bits per heavy atom. The predicted molar refractivity (Wildman–Crippen MR) is 101 cm³/mol. The zero-order valence-electron chi connectivity index (χ0n) is 15.0. The predicted octanol–water partition coefficient (Wildman–Crippen LogP) is 2.41. The topological polar surface area (TPSA) is 74.1 Å². The van der Waals surface area contributed by atoms with E-state index in [9.17, 15) is 0 Å². The molecule has 25 heavy (non-hydrogen) atoms. The van der Waals surface area contributed by atoms with Crippen molar-refractivity contribution in [1.82, 2.24) is 20.1 Å². The van der Waals surface area contributed by atoms with Crippen LogP contribution >= 0.6 is 0 Å². The van der Waals surface area contributed by atoms with Gasteiger partial charge in [-0.15, -0.1) is 5.10 Å². The van der Waals surface area contributed by atoms with Crippen LogP contribution in [0.3, 0.4) is 0 Å². The summed E-state index contributed by atoms with van der Waals surface area (Å²) < 4.78 is 0. The Balaban J connectivity index is 1.24. The molecule has 0 spiro atoms. The summed E-state index contributed by atoms with van der Waals surface area (Å²) in [6.07, 6.45) is 6.18. The van der Waals surface area contributed by atoms with Crippen LogP contribution in [0.4, 0.5) is 11.9 Å². The summed E-state index contributed by atoms with van der Waals surface area (Å²) >= 11 is 0. The molecule has 1 aliphatic carbocycles. The van der Waals surface area contributed by atoms with Gasteiger partial charge in [-0.05, 0) is 56.2 Å². The third-order valence-electron chi connectivity index (χ3n) is 5.66. The van der Waals surface area contributed by atoms with Gasteiger partial charge >= 0.3 is 0 Å². The molecule has 0 atom stereocenters. The lowest BCUT2D eigenvalue weighted by molar-refractivity contribution is 0.209. The van der Waals surface area contributed by atoms with Gasteiger partial charge in [-0.3, -0.25) is 0 Å². The minimum absolute atomic E-state index is 0.321. The number of nitrogens with two attached hydrogens (primary N) is 1. The van der Waals surface area contributed by atoms with Gasteiger partial charge in [0.1, 0.15) is 0 Å². The van der Waals surface area contributed by atoms with Crippen molar-refractivity contribution in [2.45, 2.75) is 44.1 Å². The monoisotopic (exact) mass is 340 g/mol. The highest BCUT2D eigenvalue weighted by molar-refractivity contribution is 5.34. The van der Waals surface area contributed by atoms with Crippen LogP contribution in [0.15, 0.2) is 24.3 Å². The first-order valence-corrected chi connectivity index (χ1v) is 9.41. The quantitative estimate of drug-likeness (QED) is 0.845. The van der Waals surface area contributed by atoms with Gasteiger partial charge in [0, 0.05) is 25.7 Å². The fourth-order valence-electron chi connectivity index (χ4n) is 3.79. The third-order valence-corrected chi connectivity index (χ3v) is 5.66. The number of nitrogens with zero attached hydrogens (tertiary/aromatic N) is 4. The summed E-state index contributed by atoms with van der Waals surface area (Å²) in [6, 6.07) is 9.93. The average Bonchev–Trinajstić information content (AvgIpc) is 3.41. The Bertz CT molecular complexity index is 682. The molecule has 6 heteroatoms. The zero-order valence-corrected chi connectivity index (χ0v) is 15.0. The molecule has 0 bridgehead atoms. The van der Waals surface area contributed by atoms with Gasteiger partial charge in [0.2, 0.25) is 11.9 Å². The van der Waals surface area contributed by atoms with Crippen molar-refractivity contribution in [2.24, 2.45) is 0 Å². The number of aromatic amines is 1. The molecule has 2 heterocycles. The molecule has 6 nitrogen and oxygen atoms in total. The van der Waals surface area contributed by atoms with Crippen LogP contribution < -0.4 is 10.6 Å². The van der Waals surface area contributed by atoms with Crippen molar-refractivity contribution in [3.8, 4) is 0 Å². The molecule has 4 rings (SSSR count). The number of piperidine rings is 1. The van der Waals surface area contributed by atoms with Gasteiger partial charge in [0.25, 0.3) is 0 Å². The Hall–Kier alpha value is -2.08. The van der Waals surface area contributed by atoms with Crippen LogP contribution in [-0.4, -0.2) is 52.8 Å². The molecule has 1 saturated heterocycles. The van der Waals surface area contributed by atoms with E-state index in [1.165, 1.54) is 24.0 Å². The molecule has 1 aromatic heterocycles. The minimum atomic E-state index is 0.321. The average molecular weight is 340 g/mol. The molecular formula is C19H28N6. The molecule has 2 fully saturated rings. The Kier molecular flexibility index (Phi) is 4.61. The lowest BCUT2D eigenvalue weighted by Gasteiger charge is -2.36. The summed E-state index contributed by atoms with van der Waals surface area (Å²) in [4.78, 5) is 8.98. The van der Waals surface area contributed by atoms with Gasteiger partial charge < -0.3 is 15.5 Å². The van der Waals surface area contributed by atoms with E-state index >= 15 is 0 Å². The van der Waals surface area contributed by atoms with Crippen LogP contribution in [0, 0.1) is 0 Å². The van der Waals surface area contributed by atoms with Crippen LogP contribution in [0.5, 0.6) is 0 Å². The van der Waals surface area contributed by atoms with Gasteiger partial charge in [-0.2, -0.15) is 4.98 Å². The molecule has 134 valence electrons. The van der Waals surface area contributed by atoms with Gasteiger partial charge in [0.15, 0.2) is 0 Å². The van der Waals surface area contributed by atoms with Crippen molar-refractivity contribution in [3.63, 3.8) is 0 Å². The van der Waals surface area contributed by atoms with Crippen LogP contribution in [0.2, 0.25) is 0 Å². The lowest BCUT2D eigenvalue weighted by atomic mass is 10.0. The van der Waals surface area contributed by atoms with E-state index < -0.39 is 0 Å². The van der Waals surface area contributed by atoms with E-state index in [2.05, 4.69) is 56.3 Å². The molecule has 1 aromatic carbocycles. The van der Waals surface area contributed by atoms with Crippen molar-refractivity contribution in [1.29, 1.82) is 0 Å². The van der Waals surface area contributed by atoms with Crippen LogP contribution in [0.1, 0.15) is 42.7 Å². The second-order valence-electron chi connectivity index (χ2n) is 7.48. The number of rotatable bonds is 6. The van der Waals surface area contributed by atoms with E-state index in [1.54, 1.807) is 0 Å². The number of hydrogen-bond acceptors (Lipinski definition) is 5. The number of nitrogens with one attached hydrogen (secondary N) is 1. The lowest BCUT2D eigenvalue weighted by Crippen LogP contribution is -2.44. The van der Waals surface area contributed by atoms with E-state index in [0.29, 0.717) is 12.0 Å². The van der Waals surface area contributed by atoms with E-state index in [4.69, 9.17) is 5.73 Å². The van der Waals surface area contributed by atoms with E-state index in [0.717, 1.165) is 50.8 Å². The maximum Gasteiger partial charge on any atom is 0.241 e. The summed E-state index contributed by atoms with van der Waals surface area (Å²) in [7, 11) is 2.26. The molecule has 0 unspecified atom stereocenters. The van der Waals surface area contributed by atoms with Crippen molar-refractivity contribution < 1.29 is 0 Å². The standard InChI is InChI=1S/C19H28N6/c1-24(11-8-14-2-4-15(5-3-14)16-6-7-16)17-9-12-25(13-10-17)19-21-18(20)22-23-19/h2-5,16-17H,6-13H2,1H3,(H3,20,21,22,23). The fraction of sp³-hybridized carbons (Fsp3) is 0.579. The number of benzene rings is 1. The number of anilines is 2. The molecule has 1 aliphatic heterocycles. The SMILES string of the molecule is CN(CCc1ccc(C2CC2)cc1)C1CCN(c2nc(N)n[nH]2)CC1. The van der Waals surface area contributed by atoms with Gasteiger partial charge in [0.05, 0.1) is 0 Å². The van der Waals surface area contributed by atoms with Crippen molar-refractivity contribution >= 4 is 11.9 Å². The Morgan fingerprint density at radius 2 is 1.88 bits per heavy atom. The molecule has 2 aliphatic rings. The van der Waals surface area contributed by atoms with E-state index in [-0.39, 0.29) is 0 Å². The fourth-order valence-corrected chi connectivity index (χ4v) is 3.79. The Morgan fingerprint density at radius 1 is 1.16 bits per heavy atom. The maximum absolute atomic E-state index is 5.60. The third kappa shape index (κ3) is 3.95. The molecule has 0 radical (unpaired) electrons. The minimum Gasteiger partial charge on any atom is -0.366 e. The summed E-state index contributed by atoms with van der Waals surface area (Å²) in [5, 5.41) is 6.83. The summed E-state index contributed by atoms with van der Waals surface area (Å²) in [5.74, 6) is 1.97. The van der Waals surface area contributed by atoms with E-state index in [1.807, 2.05) is 0 Å². The smallest absolute Gasteiger partial charge is 0.241 e. The number of likely N-dealkylation sites (N-methyl/N-ethyl adjacent to an activating group) is 1. The molecular weight excluding hydrogens is 312 g/mol. The number of aromatic nitrogens is 3. The van der Waals surface area contributed by atoms with Crippen LogP contribution in [0.25, 0.3) is 0 Å². The second kappa shape index (κ2) is 7.04. The van der Waals surface area contributed by atoms with Gasteiger partial charge in [-0.25, -0.2) is 5.10 Å². The molecule has 0 amide bonds. The van der Waals surface area contributed by atoms with Crippen molar-refractivity contribution in [2.75, 3.05) is 37.3 Å². The molecule has 3 N–H and O–H groups in total. The highest BCUT2D eigenvalue weighted by atomic mass is 15.4. The van der Waals surface area contributed by atoms with Crippen LogP contribution in [-0.2, 0) is 6.42 Å². The second-order valence-corrected chi connectivity index (χ2v) is 7.48. The highest BCUT2D eigenvalue weighted by Crippen LogP contribution is 2.39. The van der Waals surface area contributed by atoms with Gasteiger partial charge in [-0.1, -0.05) is 24.3 Å². The molecule has 2 aromatic rings. The Labute approximate surface area is 149 Å².